The van der Waals surface area contributed by atoms with Crippen molar-refractivity contribution >= 4 is 27.3 Å². The Labute approximate surface area is 111 Å². The van der Waals surface area contributed by atoms with E-state index in [-0.39, 0.29) is 11.6 Å². The van der Waals surface area contributed by atoms with Crippen LogP contribution in [0.4, 0.5) is 4.39 Å². The molecule has 0 aliphatic carbocycles. The first-order valence-electron chi connectivity index (χ1n) is 4.85. The molecule has 0 bridgehead atoms. The predicted octanol–water partition coefficient (Wildman–Crippen LogP) is 3.18. The van der Waals surface area contributed by atoms with Crippen LogP contribution in [0, 0.1) is 5.82 Å². The van der Waals surface area contributed by atoms with Crippen LogP contribution in [0.25, 0.3) is 10.4 Å². The second-order valence-corrected chi connectivity index (χ2v) is 5.12. The second-order valence-electron chi connectivity index (χ2n) is 3.28. The number of hydrogen-bond donors (Lipinski definition) is 1. The second kappa shape index (κ2) is 5.12. The lowest BCUT2D eigenvalue weighted by atomic mass is 10.2. The van der Waals surface area contributed by atoms with Gasteiger partial charge in [-0.2, -0.15) is 0 Å². The largest absolute Gasteiger partial charge is 0.494 e. The number of nitrogens with two attached hydrogens (primary N) is 1. The van der Waals surface area contributed by atoms with Crippen LogP contribution in [-0.4, -0.2) is 12.1 Å². The van der Waals surface area contributed by atoms with E-state index in [1.54, 1.807) is 12.1 Å². The van der Waals surface area contributed by atoms with Crippen molar-refractivity contribution in [1.82, 2.24) is 4.98 Å². The molecular formula is C11H10BrFN2OS. The molecule has 6 heteroatoms. The number of ether oxygens (including phenoxy) is 1. The number of nitrogens with zero attached hydrogens (tertiary/aromatic N) is 1. The van der Waals surface area contributed by atoms with E-state index < -0.39 is 0 Å². The van der Waals surface area contributed by atoms with Gasteiger partial charge in [-0.3, -0.25) is 0 Å². The lowest BCUT2D eigenvalue weighted by molar-refractivity contribution is 0.386. The summed E-state index contributed by atoms with van der Waals surface area (Å²) in [6.45, 7) is 0.377. The van der Waals surface area contributed by atoms with Crippen LogP contribution in [0.5, 0.6) is 5.75 Å². The van der Waals surface area contributed by atoms with Crippen molar-refractivity contribution in [3.8, 4) is 16.2 Å². The number of rotatable bonds is 3. The molecule has 0 aliphatic heterocycles. The van der Waals surface area contributed by atoms with Crippen LogP contribution in [0.1, 0.15) is 5.01 Å². The summed E-state index contributed by atoms with van der Waals surface area (Å²) < 4.78 is 19.1. The van der Waals surface area contributed by atoms with E-state index in [0.29, 0.717) is 11.1 Å². The summed E-state index contributed by atoms with van der Waals surface area (Å²) in [6.07, 6.45) is 0. The normalized spacial score (nSPS) is 10.6. The van der Waals surface area contributed by atoms with E-state index >= 15 is 0 Å². The van der Waals surface area contributed by atoms with Crippen molar-refractivity contribution in [2.45, 2.75) is 6.54 Å². The zero-order chi connectivity index (χ0) is 12.4. The Kier molecular flexibility index (Phi) is 3.76. The first-order chi connectivity index (χ1) is 8.15. The Bertz CT molecular complexity index is 544. The lowest BCUT2D eigenvalue weighted by Gasteiger charge is -2.03. The zero-order valence-electron chi connectivity index (χ0n) is 9.04. The summed E-state index contributed by atoms with van der Waals surface area (Å²) in [6, 6.07) is 4.82. The van der Waals surface area contributed by atoms with E-state index in [0.717, 1.165) is 15.4 Å². The minimum Gasteiger partial charge on any atom is -0.494 e. The molecule has 1 heterocycles. The van der Waals surface area contributed by atoms with E-state index in [4.69, 9.17) is 10.5 Å². The minimum atomic E-state index is -0.389. The van der Waals surface area contributed by atoms with Crippen LogP contribution in [0.2, 0.25) is 0 Å². The van der Waals surface area contributed by atoms with Gasteiger partial charge in [0, 0.05) is 6.54 Å². The lowest BCUT2D eigenvalue weighted by Crippen LogP contribution is -1.93. The Hall–Kier alpha value is -0.980. The predicted molar refractivity (Wildman–Crippen MR) is 69.7 cm³/mol. The number of benzene rings is 1. The summed E-state index contributed by atoms with van der Waals surface area (Å²) in [7, 11) is 1.44. The van der Waals surface area contributed by atoms with Crippen LogP contribution < -0.4 is 10.5 Å². The summed E-state index contributed by atoms with van der Waals surface area (Å²) >= 11 is 4.79. The number of halogens is 2. The van der Waals surface area contributed by atoms with Gasteiger partial charge in [0.15, 0.2) is 11.6 Å². The molecule has 17 heavy (non-hydrogen) atoms. The summed E-state index contributed by atoms with van der Waals surface area (Å²) in [5, 5.41) is 0.808. The van der Waals surface area contributed by atoms with Gasteiger partial charge in [-0.15, -0.1) is 11.3 Å². The summed E-state index contributed by atoms with van der Waals surface area (Å²) in [4.78, 5) is 5.10. The van der Waals surface area contributed by atoms with Crippen LogP contribution in [-0.2, 0) is 6.54 Å². The molecule has 0 aliphatic rings. The van der Waals surface area contributed by atoms with Gasteiger partial charge in [0.1, 0.15) is 9.61 Å². The Balaban J connectivity index is 2.45. The molecule has 3 nitrogen and oxygen atoms in total. The third-order valence-corrected chi connectivity index (χ3v) is 4.18. The molecular weight excluding hydrogens is 307 g/mol. The number of hydrogen-bond acceptors (Lipinski definition) is 4. The van der Waals surface area contributed by atoms with E-state index in [2.05, 4.69) is 20.9 Å². The molecule has 0 atom stereocenters. The maximum absolute atomic E-state index is 13.6. The molecule has 0 spiro atoms. The number of thiazole rings is 1. The quantitative estimate of drug-likeness (QED) is 0.946. The molecule has 0 saturated heterocycles. The van der Waals surface area contributed by atoms with Gasteiger partial charge in [0.2, 0.25) is 0 Å². The molecule has 0 radical (unpaired) electrons. The van der Waals surface area contributed by atoms with Gasteiger partial charge in [0.25, 0.3) is 0 Å². The summed E-state index contributed by atoms with van der Waals surface area (Å²) in [5.74, 6) is -0.159. The van der Waals surface area contributed by atoms with Gasteiger partial charge >= 0.3 is 0 Å². The van der Waals surface area contributed by atoms with Crippen molar-refractivity contribution in [2.75, 3.05) is 7.11 Å². The van der Waals surface area contributed by atoms with E-state index in [9.17, 15) is 4.39 Å². The third kappa shape index (κ3) is 2.48. The average Bonchev–Trinajstić information content (AvgIpc) is 2.70. The van der Waals surface area contributed by atoms with Crippen molar-refractivity contribution in [3.63, 3.8) is 0 Å². The standard InChI is InChI=1S/C11H10BrFN2OS/c1-16-8-3-2-6(4-7(8)13)10-11(12)15-9(5-14)17-10/h2-4H,5,14H2,1H3. The Morgan fingerprint density at radius 1 is 1.53 bits per heavy atom. The smallest absolute Gasteiger partial charge is 0.165 e. The van der Waals surface area contributed by atoms with Gasteiger partial charge in [-0.25, -0.2) is 9.37 Å². The highest BCUT2D eigenvalue weighted by Gasteiger charge is 2.12. The monoisotopic (exact) mass is 316 g/mol. The van der Waals surface area contributed by atoms with Gasteiger partial charge in [0.05, 0.1) is 12.0 Å². The maximum atomic E-state index is 13.6. The van der Waals surface area contributed by atoms with Crippen molar-refractivity contribution < 1.29 is 9.13 Å². The molecule has 2 N–H and O–H groups in total. The van der Waals surface area contributed by atoms with Crippen molar-refractivity contribution in [3.05, 3.63) is 33.6 Å². The molecule has 1 aromatic heterocycles. The first kappa shape index (κ1) is 12.5. The molecule has 0 unspecified atom stereocenters. The van der Waals surface area contributed by atoms with Crippen LogP contribution in [0.15, 0.2) is 22.8 Å². The molecule has 0 amide bonds. The third-order valence-electron chi connectivity index (χ3n) is 2.22. The van der Waals surface area contributed by atoms with Crippen molar-refractivity contribution in [2.24, 2.45) is 5.73 Å². The van der Waals surface area contributed by atoms with E-state index in [1.165, 1.54) is 24.5 Å². The molecule has 2 aromatic rings. The fourth-order valence-electron chi connectivity index (χ4n) is 1.42. The zero-order valence-corrected chi connectivity index (χ0v) is 11.4. The molecule has 0 fully saturated rings. The molecule has 1 aromatic carbocycles. The van der Waals surface area contributed by atoms with Gasteiger partial charge in [-0.1, -0.05) is 0 Å². The molecule has 2 rings (SSSR count). The summed E-state index contributed by atoms with van der Waals surface area (Å²) in [5.41, 5.74) is 6.28. The highest BCUT2D eigenvalue weighted by atomic mass is 79.9. The SMILES string of the molecule is COc1ccc(-c2sc(CN)nc2Br)cc1F. The van der Waals surface area contributed by atoms with Crippen LogP contribution >= 0.6 is 27.3 Å². The number of methoxy groups -OCH3 is 1. The van der Waals surface area contributed by atoms with Crippen molar-refractivity contribution in [1.29, 1.82) is 0 Å². The molecule has 90 valence electrons. The first-order valence-corrected chi connectivity index (χ1v) is 6.46. The number of aromatic nitrogens is 1. The fourth-order valence-corrected chi connectivity index (χ4v) is 3.05. The fraction of sp³-hybridized carbons (Fsp3) is 0.182. The maximum Gasteiger partial charge on any atom is 0.165 e. The average molecular weight is 317 g/mol. The minimum absolute atomic E-state index is 0.230. The van der Waals surface area contributed by atoms with E-state index in [1.807, 2.05) is 0 Å². The topological polar surface area (TPSA) is 48.1 Å². The van der Waals surface area contributed by atoms with Crippen LogP contribution in [0.3, 0.4) is 0 Å². The van der Waals surface area contributed by atoms with Gasteiger partial charge < -0.3 is 10.5 Å². The highest BCUT2D eigenvalue weighted by Crippen LogP contribution is 2.35. The molecule has 0 saturated carbocycles. The highest BCUT2D eigenvalue weighted by molar-refractivity contribution is 9.10. The Morgan fingerprint density at radius 2 is 2.29 bits per heavy atom. The van der Waals surface area contributed by atoms with Gasteiger partial charge in [-0.05, 0) is 39.7 Å². The Morgan fingerprint density at radius 3 is 2.82 bits per heavy atom.